The molecule has 2 atom stereocenters. The standard InChI is InChI=1S/C11H11F3O2/c12-7-5-9(14)8(13)4-6(7)11(15)10-2-1-3-16-10/h4-5,10-11,15H,1-3H2. The van der Waals surface area contributed by atoms with Gasteiger partial charge in [-0.05, 0) is 18.9 Å². The Bertz CT molecular complexity index is 389. The van der Waals surface area contributed by atoms with Crippen LogP contribution in [0.5, 0.6) is 0 Å². The first-order valence-corrected chi connectivity index (χ1v) is 5.03. The Labute approximate surface area is 90.7 Å². The summed E-state index contributed by atoms with van der Waals surface area (Å²) in [5.74, 6) is -3.39. The third-order valence-electron chi connectivity index (χ3n) is 2.68. The lowest BCUT2D eigenvalue weighted by Gasteiger charge is -2.18. The maximum absolute atomic E-state index is 13.3. The van der Waals surface area contributed by atoms with E-state index in [1.54, 1.807) is 0 Å². The lowest BCUT2D eigenvalue weighted by molar-refractivity contribution is -0.00448. The highest BCUT2D eigenvalue weighted by molar-refractivity contribution is 5.23. The van der Waals surface area contributed by atoms with Gasteiger partial charge in [0.2, 0.25) is 0 Å². The van der Waals surface area contributed by atoms with Crippen LogP contribution in [0.25, 0.3) is 0 Å². The number of hydrogen-bond donors (Lipinski definition) is 1. The molecular weight excluding hydrogens is 221 g/mol. The molecule has 2 unspecified atom stereocenters. The number of aliphatic hydroxyl groups excluding tert-OH is 1. The lowest BCUT2D eigenvalue weighted by atomic mass is 10.0. The average Bonchev–Trinajstić information content (AvgIpc) is 2.75. The lowest BCUT2D eigenvalue weighted by Crippen LogP contribution is -2.18. The highest BCUT2D eigenvalue weighted by Gasteiger charge is 2.28. The van der Waals surface area contributed by atoms with E-state index in [9.17, 15) is 18.3 Å². The van der Waals surface area contributed by atoms with E-state index < -0.39 is 29.7 Å². The Morgan fingerprint density at radius 2 is 1.88 bits per heavy atom. The quantitative estimate of drug-likeness (QED) is 0.793. The predicted molar refractivity (Wildman–Crippen MR) is 50.2 cm³/mol. The van der Waals surface area contributed by atoms with E-state index in [0.717, 1.165) is 6.42 Å². The molecule has 1 aliphatic rings. The molecular formula is C11H11F3O2. The van der Waals surface area contributed by atoms with Gasteiger partial charge in [0.1, 0.15) is 11.9 Å². The zero-order chi connectivity index (χ0) is 11.7. The minimum atomic E-state index is -1.26. The molecule has 1 aromatic carbocycles. The number of benzene rings is 1. The van der Waals surface area contributed by atoms with Crippen LogP contribution >= 0.6 is 0 Å². The van der Waals surface area contributed by atoms with Gasteiger partial charge in [0.25, 0.3) is 0 Å². The summed E-state index contributed by atoms with van der Waals surface area (Å²) in [4.78, 5) is 0. The Kier molecular flexibility index (Phi) is 3.16. The van der Waals surface area contributed by atoms with E-state index >= 15 is 0 Å². The summed E-state index contributed by atoms with van der Waals surface area (Å²) < 4.78 is 44.1. The van der Waals surface area contributed by atoms with Crippen molar-refractivity contribution in [1.82, 2.24) is 0 Å². The maximum Gasteiger partial charge on any atom is 0.161 e. The second-order valence-corrected chi connectivity index (χ2v) is 3.78. The Morgan fingerprint density at radius 1 is 1.19 bits per heavy atom. The number of hydrogen-bond acceptors (Lipinski definition) is 2. The Hall–Kier alpha value is -1.07. The van der Waals surface area contributed by atoms with Gasteiger partial charge < -0.3 is 9.84 Å². The van der Waals surface area contributed by atoms with E-state index in [4.69, 9.17) is 4.74 Å². The first kappa shape index (κ1) is 11.4. The van der Waals surface area contributed by atoms with Crippen molar-refractivity contribution in [3.05, 3.63) is 35.1 Å². The van der Waals surface area contributed by atoms with Crippen LogP contribution in [0.2, 0.25) is 0 Å². The molecule has 1 aromatic rings. The molecule has 5 heteroatoms. The van der Waals surface area contributed by atoms with Gasteiger partial charge in [-0.25, -0.2) is 13.2 Å². The van der Waals surface area contributed by atoms with Crippen molar-refractivity contribution >= 4 is 0 Å². The number of rotatable bonds is 2. The fourth-order valence-electron chi connectivity index (χ4n) is 1.82. The molecule has 1 heterocycles. The maximum atomic E-state index is 13.3. The SMILES string of the molecule is OC(c1cc(F)c(F)cc1F)C1CCCO1. The van der Waals surface area contributed by atoms with Gasteiger partial charge in [-0.1, -0.05) is 0 Å². The minimum Gasteiger partial charge on any atom is -0.386 e. The molecule has 1 fully saturated rings. The Balaban J connectivity index is 2.28. The van der Waals surface area contributed by atoms with Gasteiger partial charge in [-0.15, -0.1) is 0 Å². The van der Waals surface area contributed by atoms with E-state index in [0.29, 0.717) is 25.2 Å². The molecule has 88 valence electrons. The van der Waals surface area contributed by atoms with Crippen molar-refractivity contribution in [1.29, 1.82) is 0 Å². The molecule has 0 aliphatic carbocycles. The van der Waals surface area contributed by atoms with Crippen molar-refractivity contribution in [3.8, 4) is 0 Å². The summed E-state index contributed by atoms with van der Waals surface area (Å²) in [6.07, 6.45) is -0.441. The van der Waals surface area contributed by atoms with E-state index in [1.165, 1.54) is 0 Å². The fraction of sp³-hybridized carbons (Fsp3) is 0.455. The fourth-order valence-corrected chi connectivity index (χ4v) is 1.82. The minimum absolute atomic E-state index is 0.259. The second kappa shape index (κ2) is 4.43. The van der Waals surface area contributed by atoms with Crippen molar-refractivity contribution < 1.29 is 23.0 Å². The molecule has 16 heavy (non-hydrogen) atoms. The van der Waals surface area contributed by atoms with Crippen LogP contribution in [-0.4, -0.2) is 17.8 Å². The molecule has 0 aromatic heterocycles. The zero-order valence-corrected chi connectivity index (χ0v) is 8.42. The van der Waals surface area contributed by atoms with Gasteiger partial charge in [-0.2, -0.15) is 0 Å². The van der Waals surface area contributed by atoms with Crippen LogP contribution in [-0.2, 0) is 4.74 Å². The summed E-state index contributed by atoms with van der Waals surface area (Å²) in [6.45, 7) is 0.493. The van der Waals surface area contributed by atoms with Gasteiger partial charge in [-0.3, -0.25) is 0 Å². The molecule has 0 saturated carbocycles. The normalized spacial score (nSPS) is 22.4. The highest BCUT2D eigenvalue weighted by Crippen LogP contribution is 2.29. The second-order valence-electron chi connectivity index (χ2n) is 3.78. The Morgan fingerprint density at radius 3 is 2.50 bits per heavy atom. The molecule has 1 saturated heterocycles. The van der Waals surface area contributed by atoms with Crippen molar-refractivity contribution in [2.45, 2.75) is 25.0 Å². The molecule has 0 amide bonds. The van der Waals surface area contributed by atoms with E-state index in [1.807, 2.05) is 0 Å². The summed E-state index contributed by atoms with van der Waals surface area (Å²) >= 11 is 0. The number of aliphatic hydroxyl groups is 1. The van der Waals surface area contributed by atoms with Gasteiger partial charge >= 0.3 is 0 Å². The smallest absolute Gasteiger partial charge is 0.161 e. The van der Waals surface area contributed by atoms with Crippen LogP contribution in [0.3, 0.4) is 0 Å². The molecule has 0 bridgehead atoms. The van der Waals surface area contributed by atoms with Crippen LogP contribution < -0.4 is 0 Å². The monoisotopic (exact) mass is 232 g/mol. The third kappa shape index (κ3) is 2.05. The largest absolute Gasteiger partial charge is 0.386 e. The van der Waals surface area contributed by atoms with Crippen LogP contribution in [0, 0.1) is 17.5 Å². The summed E-state index contributed by atoms with van der Waals surface area (Å²) in [7, 11) is 0. The molecule has 1 aliphatic heterocycles. The zero-order valence-electron chi connectivity index (χ0n) is 8.42. The van der Waals surface area contributed by atoms with E-state index in [2.05, 4.69) is 0 Å². The first-order chi connectivity index (χ1) is 7.59. The van der Waals surface area contributed by atoms with Crippen LogP contribution in [0.15, 0.2) is 12.1 Å². The average molecular weight is 232 g/mol. The third-order valence-corrected chi connectivity index (χ3v) is 2.68. The van der Waals surface area contributed by atoms with Crippen molar-refractivity contribution in [3.63, 3.8) is 0 Å². The van der Waals surface area contributed by atoms with Crippen molar-refractivity contribution in [2.24, 2.45) is 0 Å². The number of halogens is 3. The van der Waals surface area contributed by atoms with Gasteiger partial charge in [0.05, 0.1) is 6.10 Å². The highest BCUT2D eigenvalue weighted by atomic mass is 19.2. The first-order valence-electron chi connectivity index (χ1n) is 5.03. The molecule has 0 spiro atoms. The topological polar surface area (TPSA) is 29.5 Å². The molecule has 0 radical (unpaired) electrons. The molecule has 2 nitrogen and oxygen atoms in total. The number of ether oxygens (including phenoxy) is 1. The van der Waals surface area contributed by atoms with E-state index in [-0.39, 0.29) is 5.56 Å². The summed E-state index contributed by atoms with van der Waals surface area (Å²) in [5.41, 5.74) is -0.259. The summed E-state index contributed by atoms with van der Waals surface area (Å²) in [6, 6.07) is 1.11. The van der Waals surface area contributed by atoms with Crippen LogP contribution in [0.4, 0.5) is 13.2 Å². The van der Waals surface area contributed by atoms with Crippen molar-refractivity contribution in [2.75, 3.05) is 6.61 Å². The predicted octanol–water partition coefficient (Wildman–Crippen LogP) is 2.32. The van der Waals surface area contributed by atoms with Gasteiger partial charge in [0, 0.05) is 18.2 Å². The van der Waals surface area contributed by atoms with Gasteiger partial charge in [0.15, 0.2) is 11.6 Å². The van der Waals surface area contributed by atoms with Crippen LogP contribution in [0.1, 0.15) is 24.5 Å². The molecule has 2 rings (SSSR count). The molecule has 1 N–H and O–H groups in total. The summed E-state index contributed by atoms with van der Waals surface area (Å²) in [5, 5.41) is 9.76.